The van der Waals surface area contributed by atoms with Crippen molar-refractivity contribution in [3.05, 3.63) is 120 Å². The van der Waals surface area contributed by atoms with Gasteiger partial charge in [-0.25, -0.2) is 4.98 Å². The number of unbranched alkanes of at least 4 members (excludes halogenated alkanes) is 2. The van der Waals surface area contributed by atoms with Crippen LogP contribution in [0.1, 0.15) is 133 Å². The number of aromatic amines is 2. The molecule has 742 valence electrons. The maximum atomic E-state index is 15.9. The molecule has 0 aliphatic carbocycles. The summed E-state index contributed by atoms with van der Waals surface area (Å²) in [5.41, 5.74) is 26.0. The summed E-state index contributed by atoms with van der Waals surface area (Å²) < 4.78 is 1.42. The van der Waals surface area contributed by atoms with Gasteiger partial charge in [-0.15, -0.1) is 11.8 Å². The molecule has 3 saturated heterocycles. The number of carboxylic acids is 2. The summed E-state index contributed by atoms with van der Waals surface area (Å²) in [6.45, 7) is 1.88. The van der Waals surface area contributed by atoms with Crippen LogP contribution in [0.25, 0.3) is 21.8 Å². The number of nitrogens with one attached hydrogen (secondary N) is 11. The Labute approximate surface area is 793 Å². The second kappa shape index (κ2) is 50.6. The number of hydrogen-bond acceptors (Lipinski definition) is 25. The molecule has 3 aliphatic rings. The Kier molecular flexibility index (Phi) is 39.5. The van der Waals surface area contributed by atoms with E-state index in [1.54, 1.807) is 61.7 Å². The number of benzene rings is 3. The molecular formula is C91H124N22O23S. The van der Waals surface area contributed by atoms with Gasteiger partial charge in [-0.1, -0.05) is 88.1 Å². The predicted molar refractivity (Wildman–Crippen MR) is 496 cm³/mol. The Morgan fingerprint density at radius 3 is 1.84 bits per heavy atom. The highest BCUT2D eigenvalue weighted by Gasteiger charge is 2.47. The summed E-state index contributed by atoms with van der Waals surface area (Å²) >= 11 is 0.728. The number of thioether (sulfide) groups is 1. The Morgan fingerprint density at radius 1 is 0.569 bits per heavy atom. The lowest BCUT2D eigenvalue weighted by Crippen LogP contribution is -2.61. The van der Waals surface area contributed by atoms with Crippen LogP contribution in [0.15, 0.2) is 97.7 Å². The zero-order valence-corrected chi connectivity index (χ0v) is 78.0. The lowest BCUT2D eigenvalue weighted by atomic mass is 9.90. The van der Waals surface area contributed by atoms with Crippen molar-refractivity contribution < 1.29 is 112 Å². The Morgan fingerprint density at radius 2 is 1.18 bits per heavy atom. The van der Waals surface area contributed by atoms with Gasteiger partial charge in [0.1, 0.15) is 84.8 Å². The van der Waals surface area contributed by atoms with Crippen molar-refractivity contribution in [3.8, 4) is 5.75 Å². The van der Waals surface area contributed by atoms with Crippen LogP contribution < -0.4 is 70.8 Å². The molecule has 0 spiro atoms. The van der Waals surface area contributed by atoms with Crippen molar-refractivity contribution in [1.82, 2.24) is 91.9 Å². The number of H-pyrrole nitrogens is 2. The second-order valence-electron chi connectivity index (χ2n) is 34.6. The SMILES string of the molecule is CCCC[C@H]1C(=O)N(C)[C@@H](CCCC)C(=O)N[C@@H](CN)C(=O)N[C@H](C(=O)NCC(N)=O)CSCC(=O)N[C@@H](Cc2ccc(O)cc2)C(=O)N(C)[C@@H](C)C(=O)N[C@@H](CC(=O)O)C(=O)N2CCC[C@H]2C(=O)N[C@@H](Cc2c[nH]cn2)C(=O)N[C@@H](CCC(N)=O)C(=O)N2C[C@H](O)C[C@H]2C(=O)C[C@@H](Cc2c[nH]c3ccccc23)C(=O)N[C@@H](CCN)C(=O)N[C@@H](Cc2cn(CC(=O)O)c3ccccc23)C(=O)N1C. The van der Waals surface area contributed by atoms with E-state index < -0.39 is 285 Å². The minimum atomic E-state index is -1.94. The number of phenols is 1. The van der Waals surface area contributed by atoms with Crippen molar-refractivity contribution in [2.24, 2.45) is 28.9 Å². The van der Waals surface area contributed by atoms with E-state index in [0.29, 0.717) is 64.2 Å². The minimum Gasteiger partial charge on any atom is -0.508 e. The van der Waals surface area contributed by atoms with Gasteiger partial charge in [0.05, 0.1) is 42.9 Å². The molecule has 3 aromatic heterocycles. The van der Waals surface area contributed by atoms with E-state index in [0.717, 1.165) is 36.3 Å². The number of carbonyl (C=O) groups excluding carboxylic acids is 17. The van der Waals surface area contributed by atoms with Gasteiger partial charge in [0.15, 0.2) is 5.78 Å². The van der Waals surface area contributed by atoms with E-state index in [1.165, 1.54) is 75.6 Å². The third-order valence-corrected chi connectivity index (χ3v) is 25.6. The average Bonchev–Trinajstić information content (AvgIpc) is 1.63. The first-order valence-corrected chi connectivity index (χ1v) is 46.6. The topological polar surface area (TPSA) is 683 Å². The van der Waals surface area contributed by atoms with E-state index >= 15 is 33.6 Å². The number of aliphatic hydroxyl groups excluding tert-OH is 1. The molecule has 15 atom stereocenters. The molecule has 6 aromatic rings. The number of fused-ring (bicyclic) bond motifs is 4. The van der Waals surface area contributed by atoms with Crippen molar-refractivity contribution >= 4 is 146 Å². The van der Waals surface area contributed by atoms with Gasteiger partial charge in [-0.2, -0.15) is 0 Å². The van der Waals surface area contributed by atoms with Gasteiger partial charge in [-0.05, 0) is 99.4 Å². The molecule has 0 bridgehead atoms. The molecule has 3 aliphatic heterocycles. The number of Topliss-reactive ketones (excluding diaryl/α,β-unsaturated/α-hetero) is 1. The Hall–Kier alpha value is -13.9. The summed E-state index contributed by atoms with van der Waals surface area (Å²) in [4.78, 5) is 290. The average molecular weight is 1930 g/mol. The molecule has 9 rings (SSSR count). The number of amides is 16. The number of aliphatic carboxylic acids is 2. The molecule has 0 unspecified atom stereocenters. The van der Waals surface area contributed by atoms with Gasteiger partial charge < -0.3 is 130 Å². The summed E-state index contributed by atoms with van der Waals surface area (Å²) in [5.74, 6) is -22.0. The highest BCUT2D eigenvalue weighted by Crippen LogP contribution is 2.31. The number of nitrogens with two attached hydrogens (primary N) is 4. The maximum Gasteiger partial charge on any atom is 0.323 e. The monoisotopic (exact) mass is 1920 g/mol. The molecule has 3 aromatic carbocycles. The van der Waals surface area contributed by atoms with E-state index in [2.05, 4.69) is 62.8 Å². The van der Waals surface area contributed by atoms with E-state index in [-0.39, 0.29) is 69.5 Å². The predicted octanol–water partition coefficient (Wildman–Crippen LogP) is -3.41. The van der Waals surface area contributed by atoms with Crippen molar-refractivity contribution in [2.45, 2.75) is 228 Å². The number of aromatic nitrogens is 4. The number of para-hydroxylation sites is 2. The first-order valence-electron chi connectivity index (χ1n) is 45.4. The fourth-order valence-corrected chi connectivity index (χ4v) is 17.9. The van der Waals surface area contributed by atoms with Crippen LogP contribution in [0.4, 0.5) is 0 Å². The van der Waals surface area contributed by atoms with E-state index in [9.17, 15) is 78.0 Å². The van der Waals surface area contributed by atoms with Crippen LogP contribution in [0, 0.1) is 5.92 Å². The van der Waals surface area contributed by atoms with E-state index in [1.807, 2.05) is 6.92 Å². The van der Waals surface area contributed by atoms with Crippen molar-refractivity contribution in [2.75, 3.05) is 65.4 Å². The summed E-state index contributed by atoms with van der Waals surface area (Å²) in [5, 5.41) is 66.4. The maximum absolute atomic E-state index is 15.9. The molecule has 23 N–H and O–H groups in total. The molecule has 6 heterocycles. The fraction of sp³-hybridized carbons (Fsp3) is 0.516. The summed E-state index contributed by atoms with van der Waals surface area (Å²) in [6, 6.07) is -2.00. The lowest BCUT2D eigenvalue weighted by Gasteiger charge is -2.36. The van der Waals surface area contributed by atoms with Gasteiger partial charge in [0, 0.05) is 131 Å². The van der Waals surface area contributed by atoms with Crippen molar-refractivity contribution in [3.63, 3.8) is 0 Å². The van der Waals surface area contributed by atoms with Gasteiger partial charge in [0.2, 0.25) is 94.5 Å². The van der Waals surface area contributed by atoms with Crippen LogP contribution in [0.3, 0.4) is 0 Å². The normalized spacial score (nSPS) is 24.6. The quantitative estimate of drug-likeness (QED) is 0.0239. The molecule has 3 fully saturated rings. The van der Waals surface area contributed by atoms with Crippen LogP contribution >= 0.6 is 11.8 Å². The number of imidazole rings is 1. The largest absolute Gasteiger partial charge is 0.508 e. The van der Waals surface area contributed by atoms with Gasteiger partial charge in [0.25, 0.3) is 0 Å². The number of aliphatic hydroxyl groups is 1. The number of hydrogen-bond donors (Lipinski definition) is 19. The lowest BCUT2D eigenvalue weighted by molar-refractivity contribution is -0.149. The van der Waals surface area contributed by atoms with Crippen LogP contribution in [0.5, 0.6) is 5.75 Å². The third kappa shape index (κ3) is 29.3. The summed E-state index contributed by atoms with van der Waals surface area (Å²) in [6.07, 6.45) is 0.718. The Balaban J connectivity index is 1.11. The minimum absolute atomic E-state index is 0.0496. The molecular weight excluding hydrogens is 1800 g/mol. The highest BCUT2D eigenvalue weighted by atomic mass is 32.2. The number of aromatic hydroxyl groups is 1. The van der Waals surface area contributed by atoms with Crippen LogP contribution in [0.2, 0.25) is 0 Å². The molecule has 46 heteroatoms. The smallest absolute Gasteiger partial charge is 0.323 e. The molecule has 0 radical (unpaired) electrons. The van der Waals surface area contributed by atoms with E-state index in [4.69, 9.17) is 22.9 Å². The number of carboxylic acid groups (broad SMARTS) is 2. The zero-order chi connectivity index (χ0) is 100. The van der Waals surface area contributed by atoms with Crippen LogP contribution in [-0.2, 0) is 123 Å². The first kappa shape index (κ1) is 107. The molecule has 45 nitrogen and oxygen atoms in total. The molecule has 137 heavy (non-hydrogen) atoms. The number of nitrogens with zero attached hydrogens (tertiary/aromatic N) is 7. The number of rotatable bonds is 27. The van der Waals surface area contributed by atoms with Crippen LogP contribution in [-0.4, -0.2) is 327 Å². The number of ketones is 1. The second-order valence-corrected chi connectivity index (χ2v) is 35.6. The molecule has 16 amide bonds. The van der Waals surface area contributed by atoms with Crippen molar-refractivity contribution in [1.29, 1.82) is 0 Å². The first-order chi connectivity index (χ1) is 65.2. The highest BCUT2D eigenvalue weighted by molar-refractivity contribution is 8.00. The Bertz CT molecular complexity index is 5360. The fourth-order valence-electron chi connectivity index (χ4n) is 17.0. The molecule has 0 saturated carbocycles. The number of likely N-dealkylation sites (N-methyl/N-ethyl adjacent to an activating group) is 3. The standard InChI is InChI=1S/C91H124N22O23S/c1-7-9-19-69-85(130)106-66(39-93)84(129)107-67(81(126)98-42-75(95)118)46-137-47-76(119)100-63(32-50-23-25-55(114)26-24-50)87(132)108(4)49(3)79(124)104-65(38-77(120)121)90(135)112-31-15-22-70(112)86(131)103-62(36-54-41-96-48-99-54)83(128)102-61(27-28-74(94)117)89(134)113-44-56(115)37-72(113)73(116)35-51(33-52-40-97-59-18-13-11-16-57(52)59)80(125)101-60(29-30-92)82(127)105-64(88(133)110(6)71(20-10-8-2)91(136)109(69)5)34-53-43-111(45-78(122)123)68-21-14-12-17-58(53)68/h11-14,16-18,21,23-26,40-41,43,48-49,51,56,60-67,69-72,97,114-115H,7-10,15,19-20,22,27-39,42,44-47,92-93H2,1-6H3,(H2,94,117)(H2,95,118)(H,96,99)(H,98,126)(H,100,119)(H,101,125)(H,102,128)(H,103,131)(H,104,124)(H,105,127)(H,106,130)(H,107,129)(H,120,121)(H,122,123)/t49-,51+,56+,60-,61-,62-,63-,64-,65-,66-,67-,69-,70-,71-,72-/m0/s1. The number of carbonyl (C=O) groups is 19. The zero-order valence-electron chi connectivity index (χ0n) is 77.2. The van der Waals surface area contributed by atoms with Gasteiger partial charge in [-0.3, -0.25) is 91.1 Å². The number of primary amides is 2. The third-order valence-electron chi connectivity index (χ3n) is 24.6. The number of phenolic OH excluding ortho intramolecular Hbond substituents is 1. The summed E-state index contributed by atoms with van der Waals surface area (Å²) in [7, 11) is 3.78. The van der Waals surface area contributed by atoms with Gasteiger partial charge >= 0.3 is 11.9 Å².